The van der Waals surface area contributed by atoms with E-state index in [0.717, 1.165) is 0 Å². The predicted octanol–water partition coefficient (Wildman–Crippen LogP) is -0.554. The maximum Gasteiger partial charge on any atom is 0.328 e. The van der Waals surface area contributed by atoms with Gasteiger partial charge in [-0.15, -0.1) is 0 Å². The standard InChI is InChI=1S/C10H13IN2O4/c11-7-3-13(10(17)12-9(7)16)6-1-5(4-14)8(15)2-6/h3,5-6,8,14-15H,1-2,4H2,(H,12,16,17)/t5-,6-,8-/m1/s1. The van der Waals surface area contributed by atoms with E-state index < -0.39 is 17.4 Å². The smallest absolute Gasteiger partial charge is 0.328 e. The van der Waals surface area contributed by atoms with Crippen LogP contribution >= 0.6 is 22.6 Å². The van der Waals surface area contributed by atoms with E-state index in [2.05, 4.69) is 4.98 Å². The average molecular weight is 352 g/mol. The van der Waals surface area contributed by atoms with Gasteiger partial charge in [0.25, 0.3) is 5.56 Å². The highest BCUT2D eigenvalue weighted by Gasteiger charge is 2.34. The molecule has 0 radical (unpaired) electrons. The monoisotopic (exact) mass is 352 g/mol. The highest BCUT2D eigenvalue weighted by Crippen LogP contribution is 2.33. The molecule has 2 rings (SSSR count). The molecule has 0 unspecified atom stereocenters. The Balaban J connectivity index is 2.34. The third-order valence-electron chi connectivity index (χ3n) is 3.18. The summed E-state index contributed by atoms with van der Waals surface area (Å²) in [4.78, 5) is 25.1. The molecule has 1 aliphatic rings. The van der Waals surface area contributed by atoms with Gasteiger partial charge in [-0.05, 0) is 35.4 Å². The van der Waals surface area contributed by atoms with Crippen LogP contribution in [0.4, 0.5) is 0 Å². The number of hydrogen-bond acceptors (Lipinski definition) is 4. The van der Waals surface area contributed by atoms with Crippen LogP contribution in [-0.4, -0.2) is 32.5 Å². The van der Waals surface area contributed by atoms with E-state index in [4.69, 9.17) is 5.11 Å². The molecule has 1 saturated carbocycles. The zero-order chi connectivity index (χ0) is 12.6. The van der Waals surface area contributed by atoms with Crippen molar-refractivity contribution in [1.29, 1.82) is 0 Å². The van der Waals surface area contributed by atoms with Crippen molar-refractivity contribution < 1.29 is 10.2 Å². The lowest BCUT2D eigenvalue weighted by atomic mass is 10.1. The normalized spacial score (nSPS) is 28.5. The zero-order valence-electron chi connectivity index (χ0n) is 8.97. The maximum absolute atomic E-state index is 11.6. The molecule has 0 spiro atoms. The highest BCUT2D eigenvalue weighted by molar-refractivity contribution is 14.1. The van der Waals surface area contributed by atoms with Crippen molar-refractivity contribution in [3.63, 3.8) is 0 Å². The minimum absolute atomic E-state index is 0.0904. The molecule has 0 amide bonds. The number of nitrogens with one attached hydrogen (secondary N) is 1. The molecule has 0 aliphatic heterocycles. The minimum Gasteiger partial charge on any atom is -0.396 e. The second-order valence-corrected chi connectivity index (χ2v) is 5.44. The van der Waals surface area contributed by atoms with Crippen LogP contribution in [0.25, 0.3) is 0 Å². The van der Waals surface area contributed by atoms with E-state index in [1.165, 1.54) is 10.8 Å². The van der Waals surface area contributed by atoms with Crippen LogP contribution in [0.2, 0.25) is 0 Å². The Bertz CT molecular complexity index is 524. The van der Waals surface area contributed by atoms with E-state index >= 15 is 0 Å². The molecule has 0 bridgehead atoms. The van der Waals surface area contributed by atoms with Crippen LogP contribution in [0.3, 0.4) is 0 Å². The Labute approximate surface area is 110 Å². The van der Waals surface area contributed by atoms with Crippen LogP contribution in [0.1, 0.15) is 18.9 Å². The SMILES string of the molecule is O=c1[nH]c(=O)n([C@@H]2C[C@H](CO)[C@H](O)C2)cc1I. The molecule has 0 aromatic carbocycles. The summed E-state index contributed by atoms with van der Waals surface area (Å²) in [6.45, 7) is -0.0904. The van der Waals surface area contributed by atoms with Crippen molar-refractivity contribution >= 4 is 22.6 Å². The Morgan fingerprint density at radius 2 is 2.18 bits per heavy atom. The lowest BCUT2D eigenvalue weighted by molar-refractivity contribution is 0.0906. The summed E-state index contributed by atoms with van der Waals surface area (Å²) in [6.07, 6.45) is 1.87. The number of rotatable bonds is 2. The van der Waals surface area contributed by atoms with E-state index in [1.54, 1.807) is 0 Å². The Kier molecular flexibility index (Phi) is 3.69. The molecule has 7 heteroatoms. The van der Waals surface area contributed by atoms with Gasteiger partial charge in [-0.2, -0.15) is 0 Å². The quantitative estimate of drug-likeness (QED) is 0.623. The molecule has 3 N–H and O–H groups in total. The number of halogens is 1. The molecule has 1 aliphatic carbocycles. The summed E-state index contributed by atoms with van der Waals surface area (Å²) < 4.78 is 1.87. The topological polar surface area (TPSA) is 95.3 Å². The second kappa shape index (κ2) is 4.91. The van der Waals surface area contributed by atoms with Crippen molar-refractivity contribution in [3.05, 3.63) is 30.6 Å². The number of nitrogens with zero attached hydrogens (tertiary/aromatic N) is 1. The second-order valence-electron chi connectivity index (χ2n) is 4.28. The third kappa shape index (κ3) is 2.45. The van der Waals surface area contributed by atoms with Gasteiger partial charge in [0, 0.05) is 24.8 Å². The minimum atomic E-state index is -0.596. The van der Waals surface area contributed by atoms with Gasteiger partial charge in [-0.25, -0.2) is 4.79 Å². The first-order valence-corrected chi connectivity index (χ1v) is 6.40. The number of H-pyrrole nitrogens is 1. The fourth-order valence-corrected chi connectivity index (χ4v) is 2.66. The summed E-state index contributed by atoms with van der Waals surface area (Å²) in [5.41, 5.74) is -0.865. The van der Waals surface area contributed by atoms with Crippen LogP contribution in [0.15, 0.2) is 15.8 Å². The van der Waals surface area contributed by atoms with Gasteiger partial charge in [0.05, 0.1) is 9.67 Å². The summed E-state index contributed by atoms with van der Waals surface area (Å²) in [5, 5.41) is 18.7. The Morgan fingerprint density at radius 3 is 2.76 bits per heavy atom. The number of aromatic nitrogens is 2. The molecular weight excluding hydrogens is 339 g/mol. The van der Waals surface area contributed by atoms with Crippen molar-refractivity contribution in [2.24, 2.45) is 5.92 Å². The average Bonchev–Trinajstić information content (AvgIpc) is 2.65. The van der Waals surface area contributed by atoms with Crippen molar-refractivity contribution in [2.75, 3.05) is 6.61 Å². The number of aliphatic hydroxyl groups excluding tert-OH is 2. The predicted molar refractivity (Wildman–Crippen MR) is 68.9 cm³/mol. The van der Waals surface area contributed by atoms with Crippen molar-refractivity contribution in [1.82, 2.24) is 9.55 Å². The molecule has 1 heterocycles. The fraction of sp³-hybridized carbons (Fsp3) is 0.600. The molecule has 1 aromatic rings. The van der Waals surface area contributed by atoms with Crippen LogP contribution in [0, 0.1) is 9.49 Å². The summed E-state index contributed by atoms with van der Waals surface area (Å²) in [6, 6.07) is -0.167. The first-order chi connectivity index (χ1) is 8.02. The van der Waals surface area contributed by atoms with Gasteiger partial charge < -0.3 is 10.2 Å². The van der Waals surface area contributed by atoms with Crippen LogP contribution < -0.4 is 11.2 Å². The van der Waals surface area contributed by atoms with Crippen molar-refractivity contribution in [2.45, 2.75) is 25.0 Å². The molecule has 3 atom stereocenters. The number of aliphatic hydroxyl groups is 2. The molecule has 6 nitrogen and oxygen atoms in total. The third-order valence-corrected chi connectivity index (χ3v) is 3.95. The fourth-order valence-electron chi connectivity index (χ4n) is 2.23. The lowest BCUT2D eigenvalue weighted by Crippen LogP contribution is -2.33. The zero-order valence-corrected chi connectivity index (χ0v) is 11.1. The molecular formula is C10H13IN2O4. The lowest BCUT2D eigenvalue weighted by Gasteiger charge is -2.13. The number of aromatic amines is 1. The van der Waals surface area contributed by atoms with E-state index in [-0.39, 0.29) is 18.6 Å². The van der Waals surface area contributed by atoms with Crippen LogP contribution in [-0.2, 0) is 0 Å². The first kappa shape index (κ1) is 12.8. The van der Waals surface area contributed by atoms with E-state index in [9.17, 15) is 14.7 Å². The first-order valence-electron chi connectivity index (χ1n) is 5.32. The van der Waals surface area contributed by atoms with Crippen LogP contribution in [0.5, 0.6) is 0 Å². The summed E-state index contributed by atoms with van der Waals surface area (Å²) in [7, 11) is 0. The Hall–Kier alpha value is -0.670. The number of hydrogen-bond donors (Lipinski definition) is 3. The molecule has 1 fully saturated rings. The van der Waals surface area contributed by atoms with Crippen molar-refractivity contribution in [3.8, 4) is 0 Å². The van der Waals surface area contributed by atoms with Gasteiger partial charge >= 0.3 is 5.69 Å². The summed E-state index contributed by atoms with van der Waals surface area (Å²) >= 11 is 1.86. The largest absolute Gasteiger partial charge is 0.396 e. The van der Waals surface area contributed by atoms with Gasteiger partial charge in [0.15, 0.2) is 0 Å². The van der Waals surface area contributed by atoms with Gasteiger partial charge in [-0.1, -0.05) is 0 Å². The molecule has 0 saturated heterocycles. The molecule has 17 heavy (non-hydrogen) atoms. The van der Waals surface area contributed by atoms with Gasteiger partial charge in [0.2, 0.25) is 0 Å². The van der Waals surface area contributed by atoms with Gasteiger partial charge in [0.1, 0.15) is 0 Å². The maximum atomic E-state index is 11.6. The highest BCUT2D eigenvalue weighted by atomic mass is 127. The van der Waals surface area contributed by atoms with Gasteiger partial charge in [-0.3, -0.25) is 14.3 Å². The van der Waals surface area contributed by atoms with E-state index in [0.29, 0.717) is 16.4 Å². The molecule has 1 aromatic heterocycles. The van der Waals surface area contributed by atoms with E-state index in [1.807, 2.05) is 22.6 Å². The Morgan fingerprint density at radius 1 is 1.47 bits per heavy atom. The molecule has 94 valence electrons. The summed E-state index contributed by atoms with van der Waals surface area (Å²) in [5.74, 6) is -0.198.